The summed E-state index contributed by atoms with van der Waals surface area (Å²) in [5.41, 5.74) is 1.04. The summed E-state index contributed by atoms with van der Waals surface area (Å²) in [7, 11) is 0. The number of ether oxygens (including phenoxy) is 1. The maximum Gasteiger partial charge on any atom is 0.410 e. The van der Waals surface area contributed by atoms with Gasteiger partial charge in [-0.25, -0.2) is 4.79 Å². The Hall–Kier alpha value is -2.81. The van der Waals surface area contributed by atoms with Gasteiger partial charge >= 0.3 is 6.09 Å². The fraction of sp³-hybridized carbons (Fsp3) is 0.654. The van der Waals surface area contributed by atoms with Crippen LogP contribution in [0.2, 0.25) is 0 Å². The van der Waals surface area contributed by atoms with Crippen LogP contribution in [0.25, 0.3) is 11.1 Å². The lowest BCUT2D eigenvalue weighted by Crippen LogP contribution is -2.60. The van der Waals surface area contributed by atoms with Gasteiger partial charge in [0.2, 0.25) is 5.91 Å². The highest BCUT2D eigenvalue weighted by Gasteiger charge is 2.35. The second-order valence-electron chi connectivity index (χ2n) is 10.8. The number of nitrogens with zero attached hydrogens (tertiary/aromatic N) is 4. The van der Waals surface area contributed by atoms with Crippen molar-refractivity contribution in [3.63, 3.8) is 0 Å². The number of aromatic nitrogens is 1. The van der Waals surface area contributed by atoms with Crippen LogP contribution in [0, 0.1) is 0 Å². The second-order valence-corrected chi connectivity index (χ2v) is 10.8. The molecule has 192 valence electrons. The third-order valence-corrected chi connectivity index (χ3v) is 6.76. The molecular formula is C26H39N5O4. The summed E-state index contributed by atoms with van der Waals surface area (Å²) in [6, 6.07) is 8.27. The minimum absolute atomic E-state index is 0.0136. The number of hydrogen-bond acceptors (Lipinski definition) is 7. The lowest BCUT2D eigenvalue weighted by atomic mass is 10.0. The summed E-state index contributed by atoms with van der Waals surface area (Å²) in [6.45, 7) is 13.1. The number of piperidine rings is 1. The molecule has 4 rings (SSSR count). The number of para-hydroxylation sites is 2. The Kier molecular flexibility index (Phi) is 7.54. The minimum Gasteiger partial charge on any atom is -0.444 e. The van der Waals surface area contributed by atoms with Gasteiger partial charge in [0, 0.05) is 44.8 Å². The molecule has 0 radical (unpaired) electrons. The molecule has 2 aliphatic heterocycles. The number of piperazine rings is 1. The van der Waals surface area contributed by atoms with Gasteiger partial charge in [0.1, 0.15) is 17.2 Å². The molecule has 1 aromatic carbocycles. The van der Waals surface area contributed by atoms with E-state index < -0.39 is 5.60 Å². The molecule has 2 amide bonds. The van der Waals surface area contributed by atoms with Crippen molar-refractivity contribution in [1.82, 2.24) is 20.1 Å². The highest BCUT2D eigenvalue weighted by atomic mass is 16.6. The topological polar surface area (TPSA) is 91.2 Å². The van der Waals surface area contributed by atoms with Gasteiger partial charge in [-0.1, -0.05) is 12.1 Å². The summed E-state index contributed by atoms with van der Waals surface area (Å²) in [4.78, 5) is 36.4. The van der Waals surface area contributed by atoms with E-state index >= 15 is 0 Å². The summed E-state index contributed by atoms with van der Waals surface area (Å²) in [5.74, 6) is 0.0136. The van der Waals surface area contributed by atoms with E-state index in [-0.39, 0.29) is 30.1 Å². The Morgan fingerprint density at radius 1 is 1.14 bits per heavy atom. The van der Waals surface area contributed by atoms with Gasteiger partial charge in [-0.2, -0.15) is 4.98 Å². The van der Waals surface area contributed by atoms with Gasteiger partial charge in [-0.3, -0.25) is 9.69 Å². The molecule has 0 bridgehead atoms. The number of carbonyl (C=O) groups excluding carboxylic acids is 2. The number of carbonyl (C=O) groups is 2. The van der Waals surface area contributed by atoms with Gasteiger partial charge < -0.3 is 24.3 Å². The number of anilines is 1. The number of benzene rings is 1. The first kappa shape index (κ1) is 25.3. The molecule has 2 aromatic rings. The van der Waals surface area contributed by atoms with Crippen LogP contribution in [-0.2, 0) is 9.53 Å². The standard InChI is InChI=1S/C26H39N5O4/c1-18-16-29(25(33)35-26(3,4)5)17-19(2)30(18)15-13-27-23(32)21-11-8-9-14-31(21)24-28-20-10-6-7-12-22(20)34-24/h6-7,10,12,18-19,21H,8-9,11,13-17H2,1-5H3,(H,27,32). The Balaban J connectivity index is 1.31. The van der Waals surface area contributed by atoms with Crippen LogP contribution in [0.1, 0.15) is 53.9 Å². The lowest BCUT2D eigenvalue weighted by Gasteiger charge is -2.44. The van der Waals surface area contributed by atoms with E-state index in [0.717, 1.165) is 43.5 Å². The van der Waals surface area contributed by atoms with Crippen molar-refractivity contribution in [2.75, 3.05) is 37.6 Å². The Labute approximate surface area is 207 Å². The zero-order valence-corrected chi connectivity index (χ0v) is 21.6. The van der Waals surface area contributed by atoms with E-state index in [1.807, 2.05) is 49.9 Å². The number of amides is 2. The molecule has 3 unspecified atom stereocenters. The quantitative estimate of drug-likeness (QED) is 0.691. The maximum atomic E-state index is 13.2. The van der Waals surface area contributed by atoms with Crippen LogP contribution in [0.5, 0.6) is 0 Å². The van der Waals surface area contributed by atoms with Crippen LogP contribution in [0.15, 0.2) is 28.7 Å². The summed E-state index contributed by atoms with van der Waals surface area (Å²) in [6.07, 6.45) is 2.54. The van der Waals surface area contributed by atoms with E-state index in [9.17, 15) is 9.59 Å². The van der Waals surface area contributed by atoms with Crippen LogP contribution in [-0.4, -0.2) is 83.2 Å². The second kappa shape index (κ2) is 10.4. The van der Waals surface area contributed by atoms with E-state index in [1.165, 1.54) is 0 Å². The number of hydrogen-bond donors (Lipinski definition) is 1. The fourth-order valence-corrected chi connectivity index (χ4v) is 5.11. The zero-order chi connectivity index (χ0) is 25.2. The first-order chi connectivity index (χ1) is 16.6. The normalized spacial score (nSPS) is 24.0. The molecule has 9 heteroatoms. The molecule has 3 heterocycles. The highest BCUT2D eigenvalue weighted by Crippen LogP contribution is 2.28. The molecule has 0 saturated carbocycles. The number of fused-ring (bicyclic) bond motifs is 1. The average Bonchev–Trinajstić information content (AvgIpc) is 3.23. The van der Waals surface area contributed by atoms with Crippen LogP contribution in [0.4, 0.5) is 10.8 Å². The number of rotatable bonds is 5. The van der Waals surface area contributed by atoms with Gasteiger partial charge in [0.25, 0.3) is 6.01 Å². The van der Waals surface area contributed by atoms with E-state index in [0.29, 0.717) is 25.6 Å². The van der Waals surface area contributed by atoms with Crippen molar-refractivity contribution in [2.45, 2.75) is 77.6 Å². The molecule has 0 spiro atoms. The summed E-state index contributed by atoms with van der Waals surface area (Å²) in [5, 5.41) is 3.14. The van der Waals surface area contributed by atoms with Crippen LogP contribution in [0.3, 0.4) is 0 Å². The molecule has 9 nitrogen and oxygen atoms in total. The van der Waals surface area contributed by atoms with Gasteiger partial charge in [0.15, 0.2) is 5.58 Å². The Morgan fingerprint density at radius 3 is 2.54 bits per heavy atom. The van der Waals surface area contributed by atoms with Gasteiger partial charge in [-0.05, 0) is 66.0 Å². The molecule has 1 aromatic heterocycles. The van der Waals surface area contributed by atoms with E-state index in [4.69, 9.17) is 9.15 Å². The predicted octanol–water partition coefficient (Wildman–Crippen LogP) is 3.63. The smallest absolute Gasteiger partial charge is 0.410 e. The molecule has 35 heavy (non-hydrogen) atoms. The Bertz CT molecular complexity index is 987. The molecule has 2 fully saturated rings. The largest absolute Gasteiger partial charge is 0.444 e. The van der Waals surface area contributed by atoms with Crippen LogP contribution < -0.4 is 10.2 Å². The molecule has 1 N–H and O–H groups in total. The molecule has 0 aliphatic carbocycles. The SMILES string of the molecule is CC1CN(C(=O)OC(C)(C)C)CC(C)N1CCNC(=O)C1CCCCN1c1nc2ccccc2o1. The number of oxazole rings is 1. The van der Waals surface area contributed by atoms with Crippen molar-refractivity contribution >= 4 is 29.1 Å². The lowest BCUT2D eigenvalue weighted by molar-refractivity contribution is -0.123. The summed E-state index contributed by atoms with van der Waals surface area (Å²) >= 11 is 0. The maximum absolute atomic E-state index is 13.2. The first-order valence-corrected chi connectivity index (χ1v) is 12.8. The molecule has 3 atom stereocenters. The van der Waals surface area contributed by atoms with E-state index in [1.54, 1.807) is 4.90 Å². The van der Waals surface area contributed by atoms with Crippen molar-refractivity contribution in [3.05, 3.63) is 24.3 Å². The molecule has 2 saturated heterocycles. The molecular weight excluding hydrogens is 446 g/mol. The van der Waals surface area contributed by atoms with Crippen LogP contribution >= 0.6 is 0 Å². The van der Waals surface area contributed by atoms with Crippen molar-refractivity contribution in [2.24, 2.45) is 0 Å². The third kappa shape index (κ3) is 6.07. The molecule has 2 aliphatic rings. The highest BCUT2D eigenvalue weighted by molar-refractivity contribution is 5.85. The monoisotopic (exact) mass is 485 g/mol. The average molecular weight is 486 g/mol. The van der Waals surface area contributed by atoms with Crippen molar-refractivity contribution in [3.8, 4) is 0 Å². The fourth-order valence-electron chi connectivity index (χ4n) is 5.11. The Morgan fingerprint density at radius 2 is 1.86 bits per heavy atom. The zero-order valence-electron chi connectivity index (χ0n) is 21.6. The predicted molar refractivity (Wildman–Crippen MR) is 135 cm³/mol. The van der Waals surface area contributed by atoms with E-state index in [2.05, 4.69) is 29.0 Å². The van der Waals surface area contributed by atoms with Crippen molar-refractivity contribution in [1.29, 1.82) is 0 Å². The minimum atomic E-state index is -0.504. The third-order valence-electron chi connectivity index (χ3n) is 6.76. The van der Waals surface area contributed by atoms with Crippen molar-refractivity contribution < 1.29 is 18.7 Å². The van der Waals surface area contributed by atoms with Gasteiger partial charge in [0.05, 0.1) is 0 Å². The first-order valence-electron chi connectivity index (χ1n) is 12.8. The number of nitrogens with one attached hydrogen (secondary N) is 1. The van der Waals surface area contributed by atoms with Gasteiger partial charge in [-0.15, -0.1) is 0 Å². The summed E-state index contributed by atoms with van der Waals surface area (Å²) < 4.78 is 11.5.